The van der Waals surface area contributed by atoms with Crippen LogP contribution in [-0.4, -0.2) is 20.7 Å². The zero-order chi connectivity index (χ0) is 15.2. The van der Waals surface area contributed by atoms with E-state index < -0.39 is 0 Å². The molecular formula is C13H13ClN6O. The Labute approximate surface area is 126 Å². The molecule has 0 spiro atoms. The molecule has 0 saturated heterocycles. The summed E-state index contributed by atoms with van der Waals surface area (Å²) in [6.07, 6.45) is 2.35. The quantitative estimate of drug-likeness (QED) is 0.818. The van der Waals surface area contributed by atoms with Crippen molar-refractivity contribution in [3.05, 3.63) is 35.4 Å². The highest BCUT2D eigenvalue weighted by Gasteiger charge is 2.07. The van der Waals surface area contributed by atoms with Crippen LogP contribution in [0.15, 0.2) is 24.5 Å². The highest BCUT2D eigenvalue weighted by atomic mass is 35.5. The Bertz CT molecular complexity index is 690. The van der Waals surface area contributed by atoms with E-state index in [9.17, 15) is 4.79 Å². The summed E-state index contributed by atoms with van der Waals surface area (Å²) >= 11 is 5.97. The maximum absolute atomic E-state index is 11.8. The summed E-state index contributed by atoms with van der Waals surface area (Å²) in [5, 5.41) is 15.6. The Morgan fingerprint density at radius 1 is 1.52 bits per heavy atom. The molecule has 0 atom stereocenters. The van der Waals surface area contributed by atoms with Crippen molar-refractivity contribution in [3.63, 3.8) is 0 Å². The van der Waals surface area contributed by atoms with Crippen molar-refractivity contribution in [2.75, 3.05) is 11.1 Å². The Balaban J connectivity index is 1.81. The maximum Gasteiger partial charge on any atom is 0.252 e. The fourth-order valence-corrected chi connectivity index (χ4v) is 1.94. The van der Waals surface area contributed by atoms with Gasteiger partial charge < -0.3 is 11.1 Å². The van der Waals surface area contributed by atoms with E-state index >= 15 is 0 Å². The standard InChI is InChI=1S/C13H13ClN6O/c14-10-6-9(16)3-4-11(10)18-13(21)2-1-5-20-8-17-12(7-15)19-20/h3-4,6,8H,1-2,5,16H2,(H,18,21). The van der Waals surface area contributed by atoms with E-state index in [1.165, 1.54) is 11.0 Å². The third-order valence-electron chi connectivity index (χ3n) is 2.69. The Kier molecular flexibility index (Phi) is 4.74. The number of nitrogens with one attached hydrogen (secondary N) is 1. The molecule has 0 radical (unpaired) electrons. The molecule has 0 aliphatic carbocycles. The summed E-state index contributed by atoms with van der Waals surface area (Å²) in [4.78, 5) is 15.6. The number of rotatable bonds is 5. The van der Waals surface area contributed by atoms with Crippen LogP contribution in [0.4, 0.5) is 11.4 Å². The van der Waals surface area contributed by atoms with Gasteiger partial charge in [-0.1, -0.05) is 11.6 Å². The number of halogens is 1. The molecule has 2 aromatic rings. The molecule has 0 bridgehead atoms. The van der Waals surface area contributed by atoms with E-state index in [0.717, 1.165) is 0 Å². The monoisotopic (exact) mass is 304 g/mol. The average Bonchev–Trinajstić information content (AvgIpc) is 2.90. The Hall–Kier alpha value is -2.59. The number of carbonyl (C=O) groups excluding carboxylic acids is 1. The maximum atomic E-state index is 11.8. The number of benzene rings is 1. The minimum absolute atomic E-state index is 0.119. The summed E-state index contributed by atoms with van der Waals surface area (Å²) in [5.74, 6) is -0.0320. The summed E-state index contributed by atoms with van der Waals surface area (Å²) < 4.78 is 1.53. The summed E-state index contributed by atoms with van der Waals surface area (Å²) in [6, 6.07) is 6.75. The summed E-state index contributed by atoms with van der Waals surface area (Å²) in [6.45, 7) is 0.511. The zero-order valence-corrected chi connectivity index (χ0v) is 11.8. The van der Waals surface area contributed by atoms with Crippen LogP contribution in [0, 0.1) is 11.3 Å². The van der Waals surface area contributed by atoms with E-state index in [4.69, 9.17) is 22.6 Å². The summed E-state index contributed by atoms with van der Waals surface area (Å²) in [5.41, 5.74) is 6.65. The largest absolute Gasteiger partial charge is 0.399 e. The molecule has 108 valence electrons. The topological polar surface area (TPSA) is 110 Å². The second-order valence-corrected chi connectivity index (χ2v) is 4.74. The van der Waals surface area contributed by atoms with Gasteiger partial charge in [-0.2, -0.15) is 5.26 Å². The normalized spacial score (nSPS) is 10.1. The molecule has 1 amide bonds. The van der Waals surface area contributed by atoms with Crippen LogP contribution in [-0.2, 0) is 11.3 Å². The number of aromatic nitrogens is 3. The van der Waals surface area contributed by atoms with Crippen molar-refractivity contribution >= 4 is 28.9 Å². The average molecular weight is 305 g/mol. The minimum Gasteiger partial charge on any atom is -0.399 e. The van der Waals surface area contributed by atoms with Crippen LogP contribution in [0.2, 0.25) is 5.02 Å². The highest BCUT2D eigenvalue weighted by Crippen LogP contribution is 2.24. The lowest BCUT2D eigenvalue weighted by Crippen LogP contribution is -2.13. The number of hydrogen-bond donors (Lipinski definition) is 2. The molecule has 1 heterocycles. The minimum atomic E-state index is -0.151. The molecule has 3 N–H and O–H groups in total. The molecule has 0 aliphatic rings. The fraction of sp³-hybridized carbons (Fsp3) is 0.231. The van der Waals surface area contributed by atoms with Gasteiger partial charge in [-0.05, 0) is 24.6 Å². The first-order valence-electron chi connectivity index (χ1n) is 6.23. The van der Waals surface area contributed by atoms with Gasteiger partial charge >= 0.3 is 0 Å². The van der Waals surface area contributed by atoms with Crippen LogP contribution in [0.25, 0.3) is 0 Å². The number of nitrogens with two attached hydrogens (primary N) is 1. The summed E-state index contributed by atoms with van der Waals surface area (Å²) in [7, 11) is 0. The lowest BCUT2D eigenvalue weighted by molar-refractivity contribution is -0.116. The second kappa shape index (κ2) is 6.72. The molecule has 0 aliphatic heterocycles. The highest BCUT2D eigenvalue weighted by molar-refractivity contribution is 6.34. The number of amides is 1. The second-order valence-electron chi connectivity index (χ2n) is 4.33. The molecule has 1 aromatic carbocycles. The molecule has 7 nitrogen and oxygen atoms in total. The van der Waals surface area contributed by atoms with Gasteiger partial charge in [-0.3, -0.25) is 9.48 Å². The van der Waals surface area contributed by atoms with E-state index in [1.807, 2.05) is 6.07 Å². The van der Waals surface area contributed by atoms with Gasteiger partial charge in [0.25, 0.3) is 5.82 Å². The van der Waals surface area contributed by atoms with Crippen molar-refractivity contribution in [2.24, 2.45) is 0 Å². The molecule has 2 rings (SSSR count). The van der Waals surface area contributed by atoms with Crippen LogP contribution in [0.3, 0.4) is 0 Å². The molecule has 0 fully saturated rings. The molecule has 21 heavy (non-hydrogen) atoms. The number of anilines is 2. The molecule has 1 aromatic heterocycles. The van der Waals surface area contributed by atoms with E-state index in [-0.39, 0.29) is 11.7 Å². The number of hydrogen-bond acceptors (Lipinski definition) is 5. The number of carbonyl (C=O) groups is 1. The first-order chi connectivity index (χ1) is 10.1. The van der Waals surface area contributed by atoms with Gasteiger partial charge in [-0.15, -0.1) is 5.10 Å². The smallest absolute Gasteiger partial charge is 0.252 e. The Morgan fingerprint density at radius 3 is 3.00 bits per heavy atom. The van der Waals surface area contributed by atoms with E-state index in [2.05, 4.69) is 15.4 Å². The van der Waals surface area contributed by atoms with Crippen LogP contribution < -0.4 is 11.1 Å². The van der Waals surface area contributed by atoms with Crippen LogP contribution in [0.5, 0.6) is 0 Å². The van der Waals surface area contributed by atoms with Crippen LogP contribution >= 0.6 is 11.6 Å². The van der Waals surface area contributed by atoms with Gasteiger partial charge in [-0.25, -0.2) is 4.98 Å². The lowest BCUT2D eigenvalue weighted by atomic mass is 10.2. The van der Waals surface area contributed by atoms with Gasteiger partial charge in [0.05, 0.1) is 10.7 Å². The van der Waals surface area contributed by atoms with Crippen LogP contribution in [0.1, 0.15) is 18.7 Å². The molecular weight excluding hydrogens is 292 g/mol. The first kappa shape index (κ1) is 14.8. The predicted octanol–water partition coefficient (Wildman–Crippen LogP) is 1.80. The number of nitriles is 1. The molecule has 0 saturated carbocycles. The number of nitrogens with zero attached hydrogens (tertiary/aromatic N) is 4. The van der Waals surface area contributed by atoms with Crippen molar-refractivity contribution in [1.29, 1.82) is 5.26 Å². The lowest BCUT2D eigenvalue weighted by Gasteiger charge is -2.07. The molecule has 8 heteroatoms. The zero-order valence-electron chi connectivity index (χ0n) is 11.1. The predicted molar refractivity (Wildman–Crippen MR) is 78.5 cm³/mol. The third-order valence-corrected chi connectivity index (χ3v) is 3.01. The van der Waals surface area contributed by atoms with Crippen molar-refractivity contribution in [2.45, 2.75) is 19.4 Å². The first-order valence-corrected chi connectivity index (χ1v) is 6.60. The molecule has 0 unspecified atom stereocenters. The van der Waals surface area contributed by atoms with Crippen molar-refractivity contribution < 1.29 is 4.79 Å². The van der Waals surface area contributed by atoms with Gasteiger partial charge in [0.15, 0.2) is 0 Å². The number of nitrogen functional groups attached to an aromatic ring is 1. The Morgan fingerprint density at radius 2 is 2.33 bits per heavy atom. The van der Waals surface area contributed by atoms with Gasteiger partial charge in [0, 0.05) is 18.7 Å². The SMILES string of the molecule is N#Cc1ncn(CCCC(=O)Nc2ccc(N)cc2Cl)n1. The fourth-order valence-electron chi connectivity index (χ4n) is 1.70. The number of aryl methyl sites for hydroxylation is 1. The van der Waals surface area contributed by atoms with E-state index in [1.54, 1.807) is 18.2 Å². The van der Waals surface area contributed by atoms with Gasteiger partial charge in [0.1, 0.15) is 12.4 Å². The third kappa shape index (κ3) is 4.19. The van der Waals surface area contributed by atoms with Gasteiger partial charge in [0.2, 0.25) is 5.91 Å². The van der Waals surface area contributed by atoms with E-state index in [0.29, 0.717) is 35.8 Å². The van der Waals surface area contributed by atoms with Crippen molar-refractivity contribution in [1.82, 2.24) is 14.8 Å². The van der Waals surface area contributed by atoms with Crippen molar-refractivity contribution in [3.8, 4) is 6.07 Å².